The van der Waals surface area contributed by atoms with Crippen LogP contribution < -0.4 is 0 Å². The van der Waals surface area contributed by atoms with E-state index in [0.717, 1.165) is 24.3 Å². The molecule has 0 aromatic rings. The summed E-state index contributed by atoms with van der Waals surface area (Å²) >= 11 is 2.01. The van der Waals surface area contributed by atoms with Gasteiger partial charge in [0, 0.05) is 36.2 Å². The van der Waals surface area contributed by atoms with Gasteiger partial charge in [-0.2, -0.15) is 11.8 Å². The van der Waals surface area contributed by atoms with Crippen molar-refractivity contribution in [3.05, 3.63) is 0 Å². The molecule has 1 saturated carbocycles. The van der Waals surface area contributed by atoms with Crippen LogP contribution in [0.3, 0.4) is 0 Å². The van der Waals surface area contributed by atoms with Gasteiger partial charge in [0.2, 0.25) is 0 Å². The third-order valence-electron chi connectivity index (χ3n) is 4.53. The van der Waals surface area contributed by atoms with Gasteiger partial charge in [-0.25, -0.2) is 0 Å². The van der Waals surface area contributed by atoms with Gasteiger partial charge in [0.1, 0.15) is 5.78 Å². The molecule has 4 atom stereocenters. The Morgan fingerprint density at radius 2 is 2.06 bits per heavy atom. The highest BCUT2D eigenvalue weighted by Gasteiger charge is 2.37. The molecule has 0 aromatic carbocycles. The van der Waals surface area contributed by atoms with Gasteiger partial charge in [0.05, 0.1) is 0 Å². The van der Waals surface area contributed by atoms with Crippen LogP contribution in [-0.4, -0.2) is 40.8 Å². The first-order valence-electron chi connectivity index (χ1n) is 6.44. The molecule has 16 heavy (non-hydrogen) atoms. The molecule has 0 aromatic heterocycles. The van der Waals surface area contributed by atoms with Crippen molar-refractivity contribution in [2.24, 2.45) is 5.92 Å². The molecule has 3 heteroatoms. The van der Waals surface area contributed by atoms with E-state index in [-0.39, 0.29) is 5.92 Å². The minimum Gasteiger partial charge on any atom is -0.299 e. The van der Waals surface area contributed by atoms with Gasteiger partial charge in [-0.1, -0.05) is 6.92 Å². The molecule has 0 N–H and O–H groups in total. The summed E-state index contributed by atoms with van der Waals surface area (Å²) in [6.07, 6.45) is 7.01. The van der Waals surface area contributed by atoms with Crippen molar-refractivity contribution < 1.29 is 4.79 Å². The Labute approximate surface area is 103 Å². The van der Waals surface area contributed by atoms with Crippen LogP contribution in [-0.2, 0) is 4.79 Å². The van der Waals surface area contributed by atoms with Crippen molar-refractivity contribution in [1.29, 1.82) is 0 Å². The van der Waals surface area contributed by atoms with E-state index in [1.54, 1.807) is 0 Å². The quantitative estimate of drug-likeness (QED) is 0.741. The third-order valence-corrected chi connectivity index (χ3v) is 5.63. The highest BCUT2D eigenvalue weighted by Crippen LogP contribution is 2.34. The number of nitrogens with zero attached hydrogens (tertiary/aromatic N) is 1. The Morgan fingerprint density at radius 3 is 2.69 bits per heavy atom. The van der Waals surface area contributed by atoms with Gasteiger partial charge >= 0.3 is 0 Å². The summed E-state index contributed by atoms with van der Waals surface area (Å²) in [7, 11) is 0. The molecule has 2 aliphatic rings. The normalized spacial score (nSPS) is 41.6. The summed E-state index contributed by atoms with van der Waals surface area (Å²) in [4.78, 5) is 14.3. The average molecular weight is 241 g/mol. The fourth-order valence-corrected chi connectivity index (χ4v) is 3.96. The van der Waals surface area contributed by atoms with Crippen LogP contribution >= 0.6 is 11.8 Å². The highest BCUT2D eigenvalue weighted by molar-refractivity contribution is 7.99. The molecule has 1 aliphatic carbocycles. The Bertz CT molecular complexity index is 269. The maximum absolute atomic E-state index is 11.7. The minimum absolute atomic E-state index is 0.238. The summed E-state index contributed by atoms with van der Waals surface area (Å²) in [6, 6.07) is 1.19. The fraction of sp³-hybridized carbons (Fsp3) is 0.923. The fourth-order valence-electron chi connectivity index (χ4n) is 3.17. The molecule has 1 saturated heterocycles. The molecular weight excluding hydrogens is 218 g/mol. The summed E-state index contributed by atoms with van der Waals surface area (Å²) in [6.45, 7) is 5.32. The molecule has 0 amide bonds. The topological polar surface area (TPSA) is 20.3 Å². The lowest BCUT2D eigenvalue weighted by molar-refractivity contribution is -0.128. The molecule has 0 bridgehead atoms. The van der Waals surface area contributed by atoms with E-state index in [4.69, 9.17) is 0 Å². The second-order valence-electron chi connectivity index (χ2n) is 5.31. The summed E-state index contributed by atoms with van der Waals surface area (Å²) < 4.78 is 0. The van der Waals surface area contributed by atoms with Gasteiger partial charge in [-0.15, -0.1) is 0 Å². The molecule has 4 unspecified atom stereocenters. The molecule has 0 radical (unpaired) electrons. The number of rotatable bonds is 2. The van der Waals surface area contributed by atoms with Gasteiger partial charge in [-0.05, 0) is 32.4 Å². The van der Waals surface area contributed by atoms with Gasteiger partial charge in [-0.3, -0.25) is 9.69 Å². The predicted molar refractivity (Wildman–Crippen MR) is 69.9 cm³/mol. The number of hydrogen-bond donors (Lipinski definition) is 0. The maximum Gasteiger partial charge on any atom is 0.138 e. The zero-order chi connectivity index (χ0) is 11.7. The van der Waals surface area contributed by atoms with Crippen molar-refractivity contribution in [2.45, 2.75) is 56.9 Å². The van der Waals surface area contributed by atoms with E-state index in [0.29, 0.717) is 11.8 Å². The maximum atomic E-state index is 11.7. The number of Topliss-reactive ketones (excluding diaryl/α,β-unsaturated/α-hetero) is 1. The zero-order valence-electron chi connectivity index (χ0n) is 10.6. The minimum atomic E-state index is 0.238. The van der Waals surface area contributed by atoms with Crippen LogP contribution in [0, 0.1) is 5.92 Å². The second kappa shape index (κ2) is 5.09. The van der Waals surface area contributed by atoms with Crippen molar-refractivity contribution in [2.75, 3.05) is 12.8 Å². The monoisotopic (exact) mass is 241 g/mol. The number of likely N-dealkylation sites (tertiary alicyclic amines) is 1. The SMILES string of the molecule is CSC1CCC(N2CCC(=O)C(C)C2C)C1. The van der Waals surface area contributed by atoms with E-state index in [2.05, 4.69) is 25.0 Å². The van der Waals surface area contributed by atoms with E-state index < -0.39 is 0 Å². The van der Waals surface area contributed by atoms with Crippen molar-refractivity contribution in [3.63, 3.8) is 0 Å². The largest absolute Gasteiger partial charge is 0.299 e. The first kappa shape index (κ1) is 12.4. The van der Waals surface area contributed by atoms with Gasteiger partial charge < -0.3 is 0 Å². The summed E-state index contributed by atoms with van der Waals surface area (Å²) in [5, 5.41) is 0.852. The van der Waals surface area contributed by atoms with Gasteiger partial charge in [0.25, 0.3) is 0 Å². The lowest BCUT2D eigenvalue weighted by Gasteiger charge is -2.41. The van der Waals surface area contributed by atoms with Crippen LogP contribution in [0.2, 0.25) is 0 Å². The van der Waals surface area contributed by atoms with E-state index >= 15 is 0 Å². The third kappa shape index (κ3) is 2.30. The summed E-state index contributed by atoms with van der Waals surface area (Å²) in [5.41, 5.74) is 0. The molecule has 2 rings (SSSR count). The highest BCUT2D eigenvalue weighted by atomic mass is 32.2. The average Bonchev–Trinajstić information content (AvgIpc) is 2.74. The summed E-state index contributed by atoms with van der Waals surface area (Å²) in [5.74, 6) is 0.699. The molecule has 1 heterocycles. The molecule has 1 aliphatic heterocycles. The Kier molecular flexibility index (Phi) is 3.96. The van der Waals surface area contributed by atoms with Crippen molar-refractivity contribution in [3.8, 4) is 0 Å². The second-order valence-corrected chi connectivity index (χ2v) is 6.45. The number of ketones is 1. The first-order valence-corrected chi connectivity index (χ1v) is 7.73. The number of carbonyl (C=O) groups excluding carboxylic acids is 1. The van der Waals surface area contributed by atoms with Crippen LogP contribution in [0.15, 0.2) is 0 Å². The Balaban J connectivity index is 1.97. The predicted octanol–water partition coefficient (Wildman–Crippen LogP) is 2.57. The van der Waals surface area contributed by atoms with Crippen LogP contribution in [0.1, 0.15) is 39.5 Å². The molecule has 2 nitrogen and oxygen atoms in total. The van der Waals surface area contributed by atoms with Crippen LogP contribution in [0.25, 0.3) is 0 Å². The smallest absolute Gasteiger partial charge is 0.138 e. The van der Waals surface area contributed by atoms with Crippen LogP contribution in [0.4, 0.5) is 0 Å². The van der Waals surface area contributed by atoms with Crippen molar-refractivity contribution >= 4 is 17.5 Å². The lowest BCUT2D eigenvalue weighted by atomic mass is 9.89. The van der Waals surface area contributed by atoms with Crippen LogP contribution in [0.5, 0.6) is 0 Å². The van der Waals surface area contributed by atoms with E-state index in [1.807, 2.05) is 11.8 Å². The molecule has 92 valence electrons. The van der Waals surface area contributed by atoms with E-state index in [9.17, 15) is 4.79 Å². The number of piperidine rings is 1. The molecule has 0 spiro atoms. The van der Waals surface area contributed by atoms with Gasteiger partial charge in [0.15, 0.2) is 0 Å². The Morgan fingerprint density at radius 1 is 1.31 bits per heavy atom. The number of carbonyl (C=O) groups is 1. The first-order chi connectivity index (χ1) is 7.63. The van der Waals surface area contributed by atoms with E-state index in [1.165, 1.54) is 19.3 Å². The zero-order valence-corrected chi connectivity index (χ0v) is 11.4. The molecular formula is C13H23NOS. The standard InChI is InChI=1S/C13H23NOS/c1-9-10(2)14(7-6-13(9)15)11-4-5-12(8-11)16-3/h9-12H,4-8H2,1-3H3. The Hall–Kier alpha value is -0.0200. The lowest BCUT2D eigenvalue weighted by Crippen LogP contribution is -2.50. The number of thioether (sulfide) groups is 1. The molecule has 2 fully saturated rings. The van der Waals surface area contributed by atoms with Crippen molar-refractivity contribution in [1.82, 2.24) is 4.90 Å². The number of hydrogen-bond acceptors (Lipinski definition) is 3.